The van der Waals surface area contributed by atoms with Crippen LogP contribution in [0.15, 0.2) is 29.8 Å². The lowest BCUT2D eigenvalue weighted by Crippen LogP contribution is -2.35. The van der Waals surface area contributed by atoms with Crippen molar-refractivity contribution in [3.63, 3.8) is 0 Å². The summed E-state index contributed by atoms with van der Waals surface area (Å²) in [6.45, 7) is 0.775. The first-order chi connectivity index (χ1) is 10.0. The van der Waals surface area contributed by atoms with Gasteiger partial charge in [0.2, 0.25) is 0 Å². The number of likely N-dealkylation sites (tertiary alicyclic amines) is 1. The molecule has 1 aromatic carbocycles. The second-order valence-electron chi connectivity index (χ2n) is 4.75. The average Bonchev–Trinajstić information content (AvgIpc) is 2.49. The number of ether oxygens (including phenoxy) is 1. The second-order valence-corrected chi connectivity index (χ2v) is 5.18. The van der Waals surface area contributed by atoms with E-state index in [1.807, 2.05) is 0 Å². The van der Waals surface area contributed by atoms with Crippen LogP contribution in [0.1, 0.15) is 18.4 Å². The summed E-state index contributed by atoms with van der Waals surface area (Å²) in [5.74, 6) is -0.406. The summed E-state index contributed by atoms with van der Waals surface area (Å²) >= 11 is 5.87. The number of carbonyl (C=O) groups excluding carboxylic acids is 1. The van der Waals surface area contributed by atoms with Gasteiger partial charge in [-0.25, -0.2) is 9.59 Å². The Balaban J connectivity index is 2.32. The van der Waals surface area contributed by atoms with E-state index >= 15 is 0 Å². The van der Waals surface area contributed by atoms with Gasteiger partial charge in [-0.15, -0.1) is 0 Å². The molecule has 2 rings (SSSR count). The van der Waals surface area contributed by atoms with Gasteiger partial charge in [-0.1, -0.05) is 29.3 Å². The maximum Gasteiger partial charge on any atom is 0.407 e. The minimum Gasteiger partial charge on any atom is -0.465 e. The van der Waals surface area contributed by atoms with Crippen molar-refractivity contribution in [1.29, 1.82) is 0 Å². The van der Waals surface area contributed by atoms with E-state index in [-0.39, 0.29) is 0 Å². The van der Waals surface area contributed by atoms with Gasteiger partial charge in [0.1, 0.15) is 0 Å². The van der Waals surface area contributed by atoms with Crippen molar-refractivity contribution in [2.24, 2.45) is 0 Å². The third kappa shape index (κ3) is 3.55. The van der Waals surface area contributed by atoms with Gasteiger partial charge in [-0.05, 0) is 30.5 Å². The zero-order valence-corrected chi connectivity index (χ0v) is 12.4. The molecular formula is C15H16ClNO4. The summed E-state index contributed by atoms with van der Waals surface area (Å²) in [7, 11) is 1.34. The first-order valence-electron chi connectivity index (χ1n) is 6.57. The molecule has 1 aliphatic rings. The van der Waals surface area contributed by atoms with E-state index in [1.54, 1.807) is 24.3 Å². The van der Waals surface area contributed by atoms with E-state index in [0.717, 1.165) is 11.1 Å². The molecule has 0 atom stereocenters. The second kappa shape index (κ2) is 6.63. The molecule has 0 aromatic heterocycles. The third-order valence-corrected chi connectivity index (χ3v) is 3.77. The smallest absolute Gasteiger partial charge is 0.407 e. The number of benzene rings is 1. The van der Waals surface area contributed by atoms with Crippen LogP contribution in [0.4, 0.5) is 4.79 Å². The molecule has 21 heavy (non-hydrogen) atoms. The van der Waals surface area contributed by atoms with Gasteiger partial charge in [-0.3, -0.25) is 0 Å². The summed E-state index contributed by atoms with van der Waals surface area (Å²) in [5, 5.41) is 9.56. The van der Waals surface area contributed by atoms with Gasteiger partial charge in [0.05, 0.1) is 12.7 Å². The van der Waals surface area contributed by atoms with Gasteiger partial charge < -0.3 is 14.7 Å². The average molecular weight is 310 g/mol. The van der Waals surface area contributed by atoms with Crippen LogP contribution in [0.25, 0.3) is 5.57 Å². The topological polar surface area (TPSA) is 66.8 Å². The summed E-state index contributed by atoms with van der Waals surface area (Å²) in [4.78, 5) is 24.3. The van der Waals surface area contributed by atoms with E-state index in [1.165, 1.54) is 12.0 Å². The Bertz CT molecular complexity index is 570. The first kappa shape index (κ1) is 15.4. The Morgan fingerprint density at radius 3 is 2.24 bits per heavy atom. The molecule has 0 spiro atoms. The van der Waals surface area contributed by atoms with Gasteiger partial charge in [0.15, 0.2) is 0 Å². The van der Waals surface area contributed by atoms with Crippen molar-refractivity contribution in [1.82, 2.24) is 4.90 Å². The highest BCUT2D eigenvalue weighted by Gasteiger charge is 2.24. The summed E-state index contributed by atoms with van der Waals surface area (Å²) in [5.41, 5.74) is 2.17. The zero-order valence-electron chi connectivity index (χ0n) is 11.6. The molecule has 1 amide bonds. The fourth-order valence-corrected chi connectivity index (χ4v) is 2.53. The van der Waals surface area contributed by atoms with E-state index in [4.69, 9.17) is 21.4 Å². The third-order valence-electron chi connectivity index (χ3n) is 3.51. The number of hydrogen-bond donors (Lipinski definition) is 1. The van der Waals surface area contributed by atoms with Crippen molar-refractivity contribution in [3.05, 3.63) is 40.4 Å². The van der Waals surface area contributed by atoms with Crippen LogP contribution in [-0.4, -0.2) is 42.3 Å². The van der Waals surface area contributed by atoms with Crippen molar-refractivity contribution >= 4 is 29.2 Å². The Kier molecular flexibility index (Phi) is 4.85. The number of carboxylic acid groups (broad SMARTS) is 1. The van der Waals surface area contributed by atoms with Crippen LogP contribution >= 0.6 is 11.6 Å². The Hall–Kier alpha value is -2.01. The Morgan fingerprint density at radius 2 is 1.76 bits per heavy atom. The molecule has 0 radical (unpaired) electrons. The molecule has 0 unspecified atom stereocenters. The van der Waals surface area contributed by atoms with Crippen molar-refractivity contribution in [2.75, 3.05) is 20.2 Å². The molecule has 0 bridgehead atoms. The molecule has 1 heterocycles. The lowest BCUT2D eigenvalue weighted by Gasteiger charge is -2.27. The molecule has 0 saturated carbocycles. The quantitative estimate of drug-likeness (QED) is 0.673. The van der Waals surface area contributed by atoms with E-state index in [2.05, 4.69) is 0 Å². The number of rotatable bonds is 2. The van der Waals surface area contributed by atoms with Crippen LogP contribution in [0.2, 0.25) is 5.02 Å². The van der Waals surface area contributed by atoms with Crippen molar-refractivity contribution in [2.45, 2.75) is 12.8 Å². The van der Waals surface area contributed by atoms with Crippen molar-refractivity contribution < 1.29 is 19.4 Å². The predicted molar refractivity (Wildman–Crippen MR) is 79.2 cm³/mol. The summed E-state index contributed by atoms with van der Waals surface area (Å²) < 4.78 is 4.86. The number of carbonyl (C=O) groups is 2. The number of nitrogens with zero attached hydrogens (tertiary/aromatic N) is 1. The van der Waals surface area contributed by atoms with Crippen LogP contribution in [0.5, 0.6) is 0 Å². The Labute approximate surface area is 127 Å². The monoisotopic (exact) mass is 309 g/mol. The molecule has 1 N–H and O–H groups in total. The van der Waals surface area contributed by atoms with Gasteiger partial charge in [0.25, 0.3) is 0 Å². The van der Waals surface area contributed by atoms with Crippen LogP contribution in [0, 0.1) is 0 Å². The fourth-order valence-electron chi connectivity index (χ4n) is 2.40. The highest BCUT2D eigenvalue weighted by Crippen LogP contribution is 2.28. The molecule has 1 aromatic rings. The molecule has 112 valence electrons. The van der Waals surface area contributed by atoms with Crippen LogP contribution in [0.3, 0.4) is 0 Å². The number of amides is 1. The number of esters is 1. The minimum absolute atomic E-state index is 0.388. The van der Waals surface area contributed by atoms with Gasteiger partial charge in [-0.2, -0.15) is 0 Å². The maximum absolute atomic E-state index is 12.1. The minimum atomic E-state index is -0.930. The summed E-state index contributed by atoms with van der Waals surface area (Å²) in [6, 6.07) is 6.97. The molecule has 0 aliphatic carbocycles. The van der Waals surface area contributed by atoms with Crippen molar-refractivity contribution in [3.8, 4) is 0 Å². The van der Waals surface area contributed by atoms with Gasteiger partial charge >= 0.3 is 12.1 Å². The number of piperidine rings is 1. The predicted octanol–water partition coefficient (Wildman–Crippen LogP) is 3.04. The van der Waals surface area contributed by atoms with E-state index in [9.17, 15) is 9.59 Å². The first-order valence-corrected chi connectivity index (χ1v) is 6.95. The van der Waals surface area contributed by atoms with Gasteiger partial charge in [0, 0.05) is 18.1 Å². The maximum atomic E-state index is 12.1. The largest absolute Gasteiger partial charge is 0.465 e. The Morgan fingerprint density at radius 1 is 1.19 bits per heavy atom. The molecule has 1 saturated heterocycles. The van der Waals surface area contributed by atoms with E-state index in [0.29, 0.717) is 36.5 Å². The number of hydrogen-bond acceptors (Lipinski definition) is 3. The standard InChI is InChI=1S/C15H16ClNO4/c1-21-14(18)13(10-2-4-12(16)5-3-10)11-6-8-17(9-7-11)15(19)20/h2-5H,6-9H2,1H3,(H,19,20). The molecule has 5 nitrogen and oxygen atoms in total. The lowest BCUT2D eigenvalue weighted by atomic mass is 9.93. The van der Waals surface area contributed by atoms with Crippen LogP contribution in [-0.2, 0) is 9.53 Å². The lowest BCUT2D eigenvalue weighted by molar-refractivity contribution is -0.133. The highest BCUT2D eigenvalue weighted by molar-refractivity contribution is 6.30. The number of halogens is 1. The molecule has 6 heteroatoms. The SMILES string of the molecule is COC(=O)C(=C1CCN(C(=O)O)CC1)c1ccc(Cl)cc1. The highest BCUT2D eigenvalue weighted by atomic mass is 35.5. The van der Waals surface area contributed by atoms with Crippen LogP contribution < -0.4 is 0 Å². The molecular weight excluding hydrogens is 294 g/mol. The fraction of sp³-hybridized carbons (Fsp3) is 0.333. The number of methoxy groups -OCH3 is 1. The molecule has 1 fully saturated rings. The normalized spacial score (nSPS) is 14.8. The molecule has 1 aliphatic heterocycles. The zero-order chi connectivity index (χ0) is 15.4. The summed E-state index contributed by atoms with van der Waals surface area (Å²) in [6.07, 6.45) is 0.124. The van der Waals surface area contributed by atoms with E-state index < -0.39 is 12.1 Å².